The third kappa shape index (κ3) is 80.2. The van der Waals surface area contributed by atoms with Gasteiger partial charge < -0.3 is 33.3 Å². The van der Waals surface area contributed by atoms with Gasteiger partial charge in [-0.15, -0.1) is 0 Å². The van der Waals surface area contributed by atoms with Crippen LogP contribution in [0.15, 0.2) is 60.8 Å². The first-order valence-corrected chi connectivity index (χ1v) is 42.4. The zero-order chi connectivity index (χ0) is 70.4. The molecule has 0 aromatic heterocycles. The smallest absolute Gasteiger partial charge is 0.306 e. The van der Waals surface area contributed by atoms with Crippen LogP contribution >= 0.6 is 0 Å². The maximum absolute atomic E-state index is 13.0. The van der Waals surface area contributed by atoms with Gasteiger partial charge in [-0.3, -0.25) is 9.59 Å². The Hall–Kier alpha value is -3.01. The van der Waals surface area contributed by atoms with E-state index in [-0.39, 0.29) is 32.2 Å². The first kappa shape index (κ1) is 94.0. The van der Waals surface area contributed by atoms with Crippen molar-refractivity contribution in [1.29, 1.82) is 0 Å². The van der Waals surface area contributed by atoms with Crippen LogP contribution in [0, 0.1) is 0 Å². The summed E-state index contributed by atoms with van der Waals surface area (Å²) in [6.45, 7) is 4.72. The Labute approximate surface area is 603 Å². The molecule has 0 aliphatic carbocycles. The molecule has 0 fully saturated rings. The number of aliphatic carboxylic acids is 1. The summed E-state index contributed by atoms with van der Waals surface area (Å²) in [5.41, 5.74) is 0. The number of allylic oxidation sites excluding steroid dienone is 10. The first-order chi connectivity index (χ1) is 47.6. The van der Waals surface area contributed by atoms with E-state index < -0.39 is 24.3 Å². The number of hydrogen-bond donors (Lipinski definition) is 0. The van der Waals surface area contributed by atoms with Gasteiger partial charge in [0.1, 0.15) is 13.2 Å². The normalized spacial score (nSPS) is 12.9. The van der Waals surface area contributed by atoms with Gasteiger partial charge in [-0.05, 0) is 57.8 Å². The number of likely N-dealkylation sites (N-methyl/N-ethyl adjacent to an activating group) is 1. The van der Waals surface area contributed by atoms with Crippen molar-refractivity contribution in [2.24, 2.45) is 0 Å². The Bertz CT molecular complexity index is 1780. The van der Waals surface area contributed by atoms with E-state index in [1.54, 1.807) is 0 Å². The monoisotopic (exact) mass is 1360 g/mol. The Balaban J connectivity index is 3.92. The molecule has 0 N–H and O–H groups in total. The van der Waals surface area contributed by atoms with Crippen LogP contribution in [0.1, 0.15) is 425 Å². The number of carboxylic acids is 1. The van der Waals surface area contributed by atoms with Gasteiger partial charge in [0, 0.05) is 12.8 Å². The minimum Gasteiger partial charge on any atom is -0.545 e. The molecule has 97 heavy (non-hydrogen) atoms. The summed E-state index contributed by atoms with van der Waals surface area (Å²) in [6, 6.07) is 0. The highest BCUT2D eigenvalue weighted by Gasteiger charge is 2.22. The maximum Gasteiger partial charge on any atom is 0.306 e. The zero-order valence-corrected chi connectivity index (χ0v) is 65.2. The van der Waals surface area contributed by atoms with Crippen molar-refractivity contribution in [1.82, 2.24) is 0 Å². The molecule has 0 radical (unpaired) electrons. The summed E-state index contributed by atoms with van der Waals surface area (Å²) >= 11 is 0. The molecule has 568 valence electrons. The molecule has 0 saturated carbocycles. The lowest BCUT2D eigenvalue weighted by Crippen LogP contribution is -2.44. The van der Waals surface area contributed by atoms with Crippen LogP contribution in [0.4, 0.5) is 0 Å². The lowest BCUT2D eigenvalue weighted by molar-refractivity contribution is -0.870. The SMILES string of the molecule is CC/C=C\C/C=C\C/C=C\C/C=C\C/C=C\CCCCCCCCCCCCCCCCCCCCCCCCCCCC(=O)OC(COC(=O)CCCCCCCCCCCCCCCCCCCCCCCCCCCCCCCCC)COC(OCC[N+](C)(C)C)C(=O)[O-]. The fourth-order valence-electron chi connectivity index (χ4n) is 12.9. The van der Waals surface area contributed by atoms with Crippen LogP contribution in [0.5, 0.6) is 0 Å². The predicted molar refractivity (Wildman–Crippen MR) is 417 cm³/mol. The molecule has 0 heterocycles. The number of rotatable bonds is 80. The second kappa shape index (κ2) is 78.7. The Morgan fingerprint density at radius 3 is 0.876 bits per heavy atom. The maximum atomic E-state index is 13.0. The number of nitrogens with zero attached hydrogens (tertiary/aromatic N) is 1. The van der Waals surface area contributed by atoms with E-state index in [4.69, 9.17) is 18.9 Å². The number of carboxylic acid groups (broad SMARTS) is 1. The highest BCUT2D eigenvalue weighted by Crippen LogP contribution is 2.20. The molecule has 0 aliphatic rings. The van der Waals surface area contributed by atoms with Crippen LogP contribution in [0.25, 0.3) is 0 Å². The molecule has 0 saturated heterocycles. The number of unbranched alkanes of at least 4 members (excludes halogenated alkanes) is 55. The lowest BCUT2D eigenvalue weighted by Gasteiger charge is -2.26. The van der Waals surface area contributed by atoms with Crippen molar-refractivity contribution in [3.05, 3.63) is 60.8 Å². The third-order valence-electron chi connectivity index (χ3n) is 19.3. The molecule has 0 aromatic carbocycles. The van der Waals surface area contributed by atoms with Gasteiger partial charge in [0.05, 0.1) is 40.3 Å². The molecule has 0 aliphatic heterocycles. The van der Waals surface area contributed by atoms with Crippen LogP contribution in [0.3, 0.4) is 0 Å². The molecule has 2 atom stereocenters. The summed E-state index contributed by atoms with van der Waals surface area (Å²) in [7, 11) is 5.96. The Kier molecular flexibility index (Phi) is 76.3. The number of carbonyl (C=O) groups is 3. The van der Waals surface area contributed by atoms with E-state index in [0.717, 1.165) is 70.6 Å². The van der Waals surface area contributed by atoms with Crippen molar-refractivity contribution in [3.8, 4) is 0 Å². The molecule has 0 amide bonds. The number of carbonyl (C=O) groups excluding carboxylic acids is 3. The highest BCUT2D eigenvalue weighted by molar-refractivity contribution is 5.70. The molecule has 0 rings (SSSR count). The average molecular weight is 1360 g/mol. The van der Waals surface area contributed by atoms with Gasteiger partial charge >= 0.3 is 11.9 Å². The molecule has 0 bridgehead atoms. The second-order valence-electron chi connectivity index (χ2n) is 30.1. The largest absolute Gasteiger partial charge is 0.545 e. The summed E-state index contributed by atoms with van der Waals surface area (Å²) in [5.74, 6) is -2.25. The number of esters is 2. The first-order valence-electron chi connectivity index (χ1n) is 42.4. The van der Waals surface area contributed by atoms with Gasteiger partial charge in [-0.2, -0.15) is 0 Å². The minimum absolute atomic E-state index is 0.151. The number of hydrogen-bond acceptors (Lipinski definition) is 8. The van der Waals surface area contributed by atoms with Gasteiger partial charge in [-0.1, -0.05) is 415 Å². The van der Waals surface area contributed by atoms with Crippen LogP contribution in [-0.4, -0.2) is 82.3 Å². The van der Waals surface area contributed by atoms with E-state index in [1.807, 2.05) is 21.1 Å². The van der Waals surface area contributed by atoms with Crippen LogP contribution < -0.4 is 5.11 Å². The molecule has 0 spiro atoms. The van der Waals surface area contributed by atoms with Gasteiger partial charge in [-0.25, -0.2) is 0 Å². The molecule has 9 heteroatoms. The fraction of sp³-hybridized carbons (Fsp3) is 0.852. The zero-order valence-electron chi connectivity index (χ0n) is 65.2. The highest BCUT2D eigenvalue weighted by atomic mass is 16.7. The van der Waals surface area contributed by atoms with Crippen molar-refractivity contribution < 1.29 is 42.9 Å². The van der Waals surface area contributed by atoms with Gasteiger partial charge in [0.15, 0.2) is 12.4 Å². The molecular formula is C88H163NO8. The minimum atomic E-state index is -1.62. The number of quaternary nitrogens is 1. The summed E-state index contributed by atoms with van der Waals surface area (Å²) in [5, 5.41) is 11.9. The second-order valence-corrected chi connectivity index (χ2v) is 30.1. The Morgan fingerprint density at radius 1 is 0.320 bits per heavy atom. The van der Waals surface area contributed by atoms with E-state index in [9.17, 15) is 19.5 Å². The molecule has 0 aromatic rings. The fourth-order valence-corrected chi connectivity index (χ4v) is 12.9. The van der Waals surface area contributed by atoms with E-state index >= 15 is 0 Å². The third-order valence-corrected chi connectivity index (χ3v) is 19.3. The van der Waals surface area contributed by atoms with E-state index in [1.165, 1.54) is 327 Å². The van der Waals surface area contributed by atoms with Crippen molar-refractivity contribution in [3.63, 3.8) is 0 Å². The summed E-state index contributed by atoms with van der Waals surface area (Å²) < 4.78 is 22.9. The van der Waals surface area contributed by atoms with E-state index in [0.29, 0.717) is 17.4 Å². The van der Waals surface area contributed by atoms with Crippen LogP contribution in [0.2, 0.25) is 0 Å². The summed E-state index contributed by atoms with van der Waals surface area (Å²) in [6.07, 6.45) is 102. The van der Waals surface area contributed by atoms with E-state index in [2.05, 4.69) is 74.6 Å². The summed E-state index contributed by atoms with van der Waals surface area (Å²) in [4.78, 5) is 37.6. The standard InChI is InChI=1S/C88H163NO8/c1-6-8-10-12-14-16-18-20-22-24-26-28-30-32-34-36-38-39-40-41-42-43-44-45-46-47-49-51-53-55-57-59-61-63-65-67-69-71-73-75-77-79-86(91)97-84(83-96-88(87(92)93)94-81-80-89(3,4)5)82-95-85(90)78-76-74-72-70-68-66-64-62-60-58-56-54-52-50-48-37-35-33-31-29-27-25-23-21-19-17-15-13-11-9-7-2/h8,10,14,16,20,22,26,28,32,34,84,88H,6-7,9,11-13,15,17-19,21,23-25,27,29-31,33,35-83H2,1-5H3/b10-8-,16-14-,22-20-,28-26-,34-32-. The van der Waals surface area contributed by atoms with Gasteiger partial charge in [0.2, 0.25) is 0 Å². The molecule has 9 nitrogen and oxygen atoms in total. The predicted octanol–water partition coefficient (Wildman–Crippen LogP) is 26.0. The van der Waals surface area contributed by atoms with Crippen molar-refractivity contribution in [2.75, 3.05) is 47.5 Å². The van der Waals surface area contributed by atoms with Gasteiger partial charge in [0.25, 0.3) is 0 Å². The average Bonchev–Trinajstić information content (AvgIpc) is 3.27. The molecular weight excluding hydrogens is 1200 g/mol. The van der Waals surface area contributed by atoms with Crippen molar-refractivity contribution >= 4 is 17.9 Å². The van der Waals surface area contributed by atoms with Crippen molar-refractivity contribution in [2.45, 2.75) is 437 Å². The Morgan fingerprint density at radius 2 is 0.588 bits per heavy atom. The lowest BCUT2D eigenvalue weighted by atomic mass is 10.0. The topological polar surface area (TPSA) is 111 Å². The van der Waals surface area contributed by atoms with Crippen LogP contribution in [-0.2, 0) is 33.3 Å². The number of ether oxygens (including phenoxy) is 4. The quantitative estimate of drug-likeness (QED) is 0.0195. The molecule has 2 unspecified atom stereocenters.